The summed E-state index contributed by atoms with van der Waals surface area (Å²) in [6.45, 7) is 1.80. The number of aromatic nitrogens is 1. The van der Waals surface area contributed by atoms with E-state index in [1.54, 1.807) is 5.38 Å². The summed E-state index contributed by atoms with van der Waals surface area (Å²) in [4.78, 5) is 17.7. The molecule has 1 aromatic rings. The molecule has 1 fully saturated rings. The number of aryl methyl sites for hydroxylation is 1. The molecule has 0 spiro atoms. The van der Waals surface area contributed by atoms with Crippen LogP contribution in [-0.2, 0) is 17.6 Å². The minimum absolute atomic E-state index is 0.0837. The number of carbonyl (C=O) groups excluding carboxylic acids is 1. The minimum Gasteiger partial charge on any atom is -0.380 e. The third kappa shape index (κ3) is 3.55. The molecule has 1 aliphatic rings. The molecule has 0 aliphatic carbocycles. The highest BCUT2D eigenvalue weighted by atomic mass is 32.1. The minimum atomic E-state index is -4.65. The Balaban J connectivity index is 1.91. The first kappa shape index (κ1) is 16.2. The largest absolute Gasteiger partial charge is 0.417 e. The zero-order chi connectivity index (χ0) is 15.7. The lowest BCUT2D eigenvalue weighted by Gasteiger charge is -2.39. The monoisotopic (exact) mass is 322 g/mol. The first-order valence-electron chi connectivity index (χ1n) is 6.75. The molecule has 1 saturated heterocycles. The fourth-order valence-electron chi connectivity index (χ4n) is 2.27. The van der Waals surface area contributed by atoms with E-state index in [1.165, 1.54) is 16.2 Å². The van der Waals surface area contributed by atoms with Crippen molar-refractivity contribution in [3.05, 3.63) is 16.1 Å². The van der Waals surface area contributed by atoms with Gasteiger partial charge in [0, 0.05) is 31.3 Å². The molecule has 1 N–H and O–H groups in total. The molecule has 1 amide bonds. The van der Waals surface area contributed by atoms with E-state index >= 15 is 0 Å². The standard InChI is InChI=1S/C13H17F3N2O2S/c1-2-10-17-9(8-21-10)7-11(19)18-5-3-12(20,4-6-18)13(14,15)16/h8,20H,2-7H2,1H3. The number of hydrogen-bond donors (Lipinski definition) is 1. The Hall–Kier alpha value is -1.15. The lowest BCUT2D eigenvalue weighted by atomic mass is 9.90. The Morgan fingerprint density at radius 1 is 1.48 bits per heavy atom. The number of halogens is 3. The summed E-state index contributed by atoms with van der Waals surface area (Å²) in [7, 11) is 0. The number of likely N-dealkylation sites (tertiary alicyclic amines) is 1. The van der Waals surface area contributed by atoms with Crippen LogP contribution in [0.2, 0.25) is 0 Å². The van der Waals surface area contributed by atoms with Crippen LogP contribution in [0.3, 0.4) is 0 Å². The van der Waals surface area contributed by atoms with Crippen molar-refractivity contribution in [2.45, 2.75) is 44.4 Å². The summed E-state index contributed by atoms with van der Waals surface area (Å²) < 4.78 is 38.0. The zero-order valence-electron chi connectivity index (χ0n) is 11.6. The average Bonchev–Trinajstić information content (AvgIpc) is 2.86. The van der Waals surface area contributed by atoms with Crippen molar-refractivity contribution in [2.75, 3.05) is 13.1 Å². The van der Waals surface area contributed by atoms with E-state index in [-0.39, 0.29) is 25.4 Å². The molecule has 4 nitrogen and oxygen atoms in total. The van der Waals surface area contributed by atoms with Crippen molar-refractivity contribution >= 4 is 17.2 Å². The molecule has 0 atom stereocenters. The third-order valence-electron chi connectivity index (χ3n) is 3.71. The highest BCUT2D eigenvalue weighted by Crippen LogP contribution is 2.38. The number of nitrogens with zero attached hydrogens (tertiary/aromatic N) is 2. The van der Waals surface area contributed by atoms with E-state index in [9.17, 15) is 23.1 Å². The van der Waals surface area contributed by atoms with Gasteiger partial charge >= 0.3 is 6.18 Å². The summed E-state index contributed by atoms with van der Waals surface area (Å²) in [5, 5.41) is 12.3. The van der Waals surface area contributed by atoms with E-state index in [0.717, 1.165) is 11.4 Å². The number of hydrogen-bond acceptors (Lipinski definition) is 4. The highest BCUT2D eigenvalue weighted by Gasteiger charge is 2.54. The van der Waals surface area contributed by atoms with Crippen LogP contribution < -0.4 is 0 Å². The van der Waals surface area contributed by atoms with E-state index in [1.807, 2.05) is 6.92 Å². The quantitative estimate of drug-likeness (QED) is 0.928. The van der Waals surface area contributed by atoms with Gasteiger partial charge in [-0.3, -0.25) is 4.79 Å². The summed E-state index contributed by atoms with van der Waals surface area (Å²) in [6.07, 6.45) is -4.70. The van der Waals surface area contributed by atoms with Gasteiger partial charge in [0.15, 0.2) is 5.60 Å². The van der Waals surface area contributed by atoms with Crippen molar-refractivity contribution < 1.29 is 23.1 Å². The van der Waals surface area contributed by atoms with Crippen LogP contribution in [0.4, 0.5) is 13.2 Å². The predicted octanol–water partition coefficient (Wildman–Crippen LogP) is 2.16. The number of carbonyl (C=O) groups is 1. The second-order valence-electron chi connectivity index (χ2n) is 5.17. The normalized spacial score (nSPS) is 18.8. The van der Waals surface area contributed by atoms with Crippen LogP contribution in [0.25, 0.3) is 0 Å². The topological polar surface area (TPSA) is 53.4 Å². The summed E-state index contributed by atoms with van der Waals surface area (Å²) in [5.41, 5.74) is -2.02. The fourth-order valence-corrected chi connectivity index (χ4v) is 3.01. The first-order valence-corrected chi connectivity index (χ1v) is 7.63. The molecular weight excluding hydrogens is 305 g/mol. The lowest BCUT2D eigenvalue weighted by molar-refractivity contribution is -0.272. The molecule has 0 radical (unpaired) electrons. The molecule has 8 heteroatoms. The van der Waals surface area contributed by atoms with Gasteiger partial charge in [0.25, 0.3) is 0 Å². The molecule has 0 unspecified atom stereocenters. The van der Waals surface area contributed by atoms with Gasteiger partial charge in [-0.15, -0.1) is 11.3 Å². The Morgan fingerprint density at radius 3 is 2.57 bits per heavy atom. The van der Waals surface area contributed by atoms with Crippen LogP contribution in [0.15, 0.2) is 5.38 Å². The molecule has 0 bridgehead atoms. The second-order valence-corrected chi connectivity index (χ2v) is 6.12. The van der Waals surface area contributed by atoms with Gasteiger partial charge in [-0.25, -0.2) is 4.98 Å². The van der Waals surface area contributed by atoms with Gasteiger partial charge in [0.05, 0.1) is 17.1 Å². The van der Waals surface area contributed by atoms with Crippen LogP contribution in [0.5, 0.6) is 0 Å². The van der Waals surface area contributed by atoms with E-state index in [2.05, 4.69) is 4.98 Å². The van der Waals surface area contributed by atoms with Crippen molar-refractivity contribution in [1.29, 1.82) is 0 Å². The van der Waals surface area contributed by atoms with Crippen molar-refractivity contribution in [2.24, 2.45) is 0 Å². The summed E-state index contributed by atoms with van der Waals surface area (Å²) in [6, 6.07) is 0. The number of aliphatic hydroxyl groups is 1. The van der Waals surface area contributed by atoms with E-state index in [0.29, 0.717) is 5.69 Å². The Morgan fingerprint density at radius 2 is 2.10 bits per heavy atom. The van der Waals surface area contributed by atoms with Gasteiger partial charge in [-0.05, 0) is 6.42 Å². The molecule has 118 valence electrons. The summed E-state index contributed by atoms with van der Waals surface area (Å²) in [5.74, 6) is -0.243. The smallest absolute Gasteiger partial charge is 0.380 e. The Kier molecular flexibility index (Phi) is 4.57. The Labute approximate surface area is 124 Å². The molecule has 0 aromatic carbocycles. The van der Waals surface area contributed by atoms with Gasteiger partial charge in [-0.1, -0.05) is 6.92 Å². The molecule has 2 rings (SSSR count). The summed E-state index contributed by atoms with van der Waals surface area (Å²) >= 11 is 1.47. The number of piperidine rings is 1. The molecular formula is C13H17F3N2O2S. The van der Waals surface area contributed by atoms with E-state index < -0.39 is 24.6 Å². The average molecular weight is 322 g/mol. The second kappa shape index (κ2) is 5.92. The number of thiazole rings is 1. The van der Waals surface area contributed by atoms with Gasteiger partial charge in [0.2, 0.25) is 5.91 Å². The van der Waals surface area contributed by atoms with Crippen LogP contribution in [0, 0.1) is 0 Å². The number of alkyl halides is 3. The van der Waals surface area contributed by atoms with Gasteiger partial charge in [-0.2, -0.15) is 13.2 Å². The van der Waals surface area contributed by atoms with Gasteiger partial charge in [0.1, 0.15) is 0 Å². The lowest BCUT2D eigenvalue weighted by Crippen LogP contribution is -2.54. The highest BCUT2D eigenvalue weighted by molar-refractivity contribution is 7.09. The third-order valence-corrected chi connectivity index (χ3v) is 4.75. The molecule has 1 aliphatic heterocycles. The Bertz CT molecular complexity index is 508. The zero-order valence-corrected chi connectivity index (χ0v) is 12.4. The van der Waals surface area contributed by atoms with Crippen LogP contribution >= 0.6 is 11.3 Å². The van der Waals surface area contributed by atoms with Crippen molar-refractivity contribution in [3.63, 3.8) is 0 Å². The van der Waals surface area contributed by atoms with Gasteiger partial charge < -0.3 is 10.0 Å². The maximum atomic E-state index is 12.7. The van der Waals surface area contributed by atoms with Crippen molar-refractivity contribution in [1.82, 2.24) is 9.88 Å². The molecule has 0 saturated carbocycles. The maximum absolute atomic E-state index is 12.7. The van der Waals surface area contributed by atoms with Crippen molar-refractivity contribution in [3.8, 4) is 0 Å². The molecule has 21 heavy (non-hydrogen) atoms. The van der Waals surface area contributed by atoms with Crippen LogP contribution in [0.1, 0.15) is 30.5 Å². The first-order chi connectivity index (χ1) is 9.75. The molecule has 1 aromatic heterocycles. The molecule has 2 heterocycles. The predicted molar refractivity (Wildman–Crippen MR) is 72.0 cm³/mol. The maximum Gasteiger partial charge on any atom is 0.417 e. The number of amides is 1. The van der Waals surface area contributed by atoms with E-state index in [4.69, 9.17) is 0 Å². The van der Waals surface area contributed by atoms with Crippen LogP contribution in [-0.4, -0.2) is 45.8 Å². The fraction of sp³-hybridized carbons (Fsp3) is 0.692. The SMILES string of the molecule is CCc1nc(CC(=O)N2CCC(O)(C(F)(F)F)CC2)cs1. The number of rotatable bonds is 3.